The van der Waals surface area contributed by atoms with Crippen LogP contribution in [0.5, 0.6) is 0 Å². The fraction of sp³-hybridized carbons (Fsp3) is 0.250. The van der Waals surface area contributed by atoms with Crippen molar-refractivity contribution < 1.29 is 18.0 Å². The Morgan fingerprint density at radius 1 is 1.27 bits per heavy atom. The first-order valence-corrected chi connectivity index (χ1v) is 7.64. The van der Waals surface area contributed by atoms with Crippen molar-refractivity contribution in [2.24, 2.45) is 0 Å². The van der Waals surface area contributed by atoms with Crippen molar-refractivity contribution >= 4 is 17.4 Å². The normalized spacial score (nSPS) is 11.7. The van der Waals surface area contributed by atoms with Gasteiger partial charge in [-0.15, -0.1) is 0 Å². The van der Waals surface area contributed by atoms with Gasteiger partial charge < -0.3 is 5.32 Å². The molecule has 26 heavy (non-hydrogen) atoms. The first-order chi connectivity index (χ1) is 12.3. The lowest BCUT2D eigenvalue weighted by atomic mass is 10.1. The van der Waals surface area contributed by atoms with Crippen LogP contribution in [0.3, 0.4) is 0 Å². The van der Waals surface area contributed by atoms with Crippen molar-refractivity contribution in [1.82, 2.24) is 19.6 Å². The Balaban J connectivity index is 1.67. The van der Waals surface area contributed by atoms with E-state index in [0.717, 1.165) is 12.1 Å². The van der Waals surface area contributed by atoms with Crippen molar-refractivity contribution in [3.63, 3.8) is 0 Å². The zero-order valence-electron chi connectivity index (χ0n) is 13.6. The molecule has 7 nitrogen and oxygen atoms in total. The lowest BCUT2D eigenvalue weighted by Gasteiger charge is -2.09. The molecule has 0 spiro atoms. The predicted molar refractivity (Wildman–Crippen MR) is 86.7 cm³/mol. The van der Waals surface area contributed by atoms with Gasteiger partial charge in [0.2, 0.25) is 5.91 Å². The molecule has 0 fully saturated rings. The minimum atomic E-state index is -4.43. The number of aromatic nitrogens is 4. The molecule has 0 radical (unpaired) electrons. The topological polar surface area (TPSA) is 92.2 Å². The van der Waals surface area contributed by atoms with Gasteiger partial charge in [-0.2, -0.15) is 17.7 Å². The van der Waals surface area contributed by atoms with Crippen LogP contribution >= 0.6 is 0 Å². The first-order valence-electron chi connectivity index (χ1n) is 7.64. The number of anilines is 1. The summed E-state index contributed by atoms with van der Waals surface area (Å²) >= 11 is 0. The Morgan fingerprint density at radius 2 is 1.96 bits per heavy atom. The summed E-state index contributed by atoms with van der Waals surface area (Å²) in [6.45, 7) is 1.65. The fourth-order valence-electron chi connectivity index (χ4n) is 2.49. The van der Waals surface area contributed by atoms with Gasteiger partial charge in [0.05, 0.1) is 11.3 Å². The van der Waals surface area contributed by atoms with Crippen LogP contribution in [0.1, 0.15) is 23.2 Å². The van der Waals surface area contributed by atoms with Gasteiger partial charge in [0.15, 0.2) is 0 Å². The minimum Gasteiger partial charge on any atom is -0.326 e. The van der Waals surface area contributed by atoms with Gasteiger partial charge in [-0.05, 0) is 37.6 Å². The highest BCUT2D eigenvalue weighted by Gasteiger charge is 2.30. The summed E-state index contributed by atoms with van der Waals surface area (Å²) in [6, 6.07) is 4.14. The number of alkyl halides is 3. The number of halogens is 3. The summed E-state index contributed by atoms with van der Waals surface area (Å²) < 4.78 is 38.7. The summed E-state index contributed by atoms with van der Waals surface area (Å²) in [6.07, 6.45) is -2.96. The largest absolute Gasteiger partial charge is 0.416 e. The zero-order valence-corrected chi connectivity index (χ0v) is 13.6. The molecule has 0 atom stereocenters. The lowest BCUT2D eigenvalue weighted by Crippen LogP contribution is -2.23. The number of amides is 1. The molecule has 0 unspecified atom stereocenters. The quantitative estimate of drug-likeness (QED) is 0.742. The molecule has 3 aromatic rings. The number of benzene rings is 1. The molecular weight excluding hydrogens is 351 g/mol. The van der Waals surface area contributed by atoms with Gasteiger partial charge in [-0.3, -0.25) is 14.7 Å². The van der Waals surface area contributed by atoms with Crippen molar-refractivity contribution in [3.8, 4) is 0 Å². The highest BCUT2D eigenvalue weighted by molar-refractivity contribution is 5.90. The molecule has 0 saturated heterocycles. The third-order valence-electron chi connectivity index (χ3n) is 3.83. The summed E-state index contributed by atoms with van der Waals surface area (Å²) in [5.41, 5.74) is -0.0391. The molecule has 2 heterocycles. The van der Waals surface area contributed by atoms with Crippen molar-refractivity contribution in [1.29, 1.82) is 0 Å². The van der Waals surface area contributed by atoms with Gasteiger partial charge in [0.1, 0.15) is 6.33 Å². The number of aryl methyl sites for hydroxylation is 1. The highest BCUT2D eigenvalue weighted by atomic mass is 19.4. The smallest absolute Gasteiger partial charge is 0.326 e. The third-order valence-corrected chi connectivity index (χ3v) is 3.83. The number of fused-ring (bicyclic) bond motifs is 1. The van der Waals surface area contributed by atoms with Crippen molar-refractivity contribution in [3.05, 3.63) is 57.8 Å². The van der Waals surface area contributed by atoms with Crippen molar-refractivity contribution in [2.45, 2.75) is 25.9 Å². The SMILES string of the molecule is Cc1nc2nc[nH]n2c(=O)c1CCC(=O)Nc1ccc(C(F)(F)F)cc1. The number of carbonyl (C=O) groups is 1. The number of aromatic amines is 1. The maximum absolute atomic E-state index is 12.5. The maximum atomic E-state index is 12.5. The second-order valence-electron chi connectivity index (χ2n) is 5.63. The molecule has 1 aromatic carbocycles. The van der Waals surface area contributed by atoms with E-state index >= 15 is 0 Å². The van der Waals surface area contributed by atoms with Gasteiger partial charge in [-0.25, -0.2) is 9.97 Å². The van der Waals surface area contributed by atoms with Crippen LogP contribution < -0.4 is 10.9 Å². The first kappa shape index (κ1) is 17.6. The number of H-pyrrole nitrogens is 1. The second-order valence-corrected chi connectivity index (χ2v) is 5.63. The summed E-state index contributed by atoms with van der Waals surface area (Å²) in [4.78, 5) is 32.4. The standard InChI is InChI=1S/C16H14F3N5O2/c1-9-12(14(26)24-15(22-9)20-8-21-24)6-7-13(25)23-11-4-2-10(3-5-11)16(17,18)19/h2-5,8H,6-7H2,1H3,(H,23,25)(H,20,21,22). The lowest BCUT2D eigenvalue weighted by molar-refractivity contribution is -0.137. The van der Waals surface area contributed by atoms with Gasteiger partial charge >= 0.3 is 6.18 Å². The maximum Gasteiger partial charge on any atom is 0.416 e. The van der Waals surface area contributed by atoms with E-state index in [1.54, 1.807) is 6.92 Å². The van der Waals surface area contributed by atoms with Crippen molar-refractivity contribution in [2.75, 3.05) is 5.32 Å². The number of hydrogen-bond donors (Lipinski definition) is 2. The molecular formula is C16H14F3N5O2. The molecule has 136 valence electrons. The molecule has 3 rings (SSSR count). The van der Waals surface area contributed by atoms with Crippen LogP contribution in [0.2, 0.25) is 0 Å². The Hall–Kier alpha value is -3.17. The minimum absolute atomic E-state index is 0.0149. The number of rotatable bonds is 4. The Kier molecular flexibility index (Phi) is 4.49. The molecule has 0 aliphatic rings. The van der Waals surface area contributed by atoms with Crippen LogP contribution in [0.25, 0.3) is 5.78 Å². The summed E-state index contributed by atoms with van der Waals surface area (Å²) in [5.74, 6) is -0.177. The molecule has 0 saturated carbocycles. The predicted octanol–water partition coefficient (Wildman–Crippen LogP) is 2.32. The van der Waals surface area contributed by atoms with E-state index in [1.165, 1.54) is 23.0 Å². The van der Waals surface area contributed by atoms with E-state index in [0.29, 0.717) is 11.3 Å². The zero-order chi connectivity index (χ0) is 18.9. The molecule has 2 N–H and O–H groups in total. The summed E-state index contributed by atoms with van der Waals surface area (Å²) in [7, 11) is 0. The Bertz CT molecular complexity index is 1010. The van der Waals surface area contributed by atoms with Gasteiger partial charge in [-0.1, -0.05) is 0 Å². The number of nitrogens with zero attached hydrogens (tertiary/aromatic N) is 3. The monoisotopic (exact) mass is 365 g/mol. The second kappa shape index (κ2) is 6.62. The average molecular weight is 365 g/mol. The Labute approximate surface area is 144 Å². The van der Waals surface area contributed by atoms with E-state index in [2.05, 4.69) is 20.4 Å². The van der Waals surface area contributed by atoms with Crippen LogP contribution in [0, 0.1) is 6.92 Å². The average Bonchev–Trinajstić information content (AvgIpc) is 3.02. The highest BCUT2D eigenvalue weighted by Crippen LogP contribution is 2.29. The van der Waals surface area contributed by atoms with Crippen LogP contribution in [0.4, 0.5) is 18.9 Å². The van der Waals surface area contributed by atoms with E-state index < -0.39 is 17.6 Å². The van der Waals surface area contributed by atoms with E-state index in [9.17, 15) is 22.8 Å². The fourth-order valence-corrected chi connectivity index (χ4v) is 2.49. The number of carbonyl (C=O) groups excluding carboxylic acids is 1. The molecule has 0 bridgehead atoms. The van der Waals surface area contributed by atoms with Gasteiger partial charge in [0, 0.05) is 17.7 Å². The molecule has 0 aliphatic carbocycles. The third kappa shape index (κ3) is 3.58. The van der Waals surface area contributed by atoms with E-state index in [4.69, 9.17) is 0 Å². The van der Waals surface area contributed by atoms with Crippen LogP contribution in [-0.4, -0.2) is 25.5 Å². The van der Waals surface area contributed by atoms with Crippen LogP contribution in [-0.2, 0) is 17.4 Å². The summed E-state index contributed by atoms with van der Waals surface area (Å²) in [5, 5.41) is 5.14. The van der Waals surface area contributed by atoms with Crippen LogP contribution in [0.15, 0.2) is 35.4 Å². The van der Waals surface area contributed by atoms with Gasteiger partial charge in [0.25, 0.3) is 11.3 Å². The molecule has 1 amide bonds. The van der Waals surface area contributed by atoms with E-state index in [-0.39, 0.29) is 29.9 Å². The number of nitrogens with one attached hydrogen (secondary N) is 2. The molecule has 10 heteroatoms. The Morgan fingerprint density at radius 3 is 2.62 bits per heavy atom. The molecule has 0 aliphatic heterocycles. The molecule has 2 aromatic heterocycles. The number of hydrogen-bond acceptors (Lipinski definition) is 4. The van der Waals surface area contributed by atoms with E-state index in [1.807, 2.05) is 0 Å².